The van der Waals surface area contributed by atoms with Gasteiger partial charge in [-0.05, 0) is 74.6 Å². The fourth-order valence-corrected chi connectivity index (χ4v) is 9.02. The third-order valence-corrected chi connectivity index (χ3v) is 11.4. The van der Waals surface area contributed by atoms with E-state index >= 15 is 0 Å². The molecule has 7 atom stereocenters. The first kappa shape index (κ1) is 21.6. The minimum Gasteiger partial charge on any atom is -0.504 e. The van der Waals surface area contributed by atoms with E-state index < -0.39 is 11.2 Å². The Bertz CT molecular complexity index is 1100. The summed E-state index contributed by atoms with van der Waals surface area (Å²) in [5.41, 5.74) is 0.284. The maximum absolute atomic E-state index is 12.2. The van der Waals surface area contributed by atoms with Crippen LogP contribution in [0.2, 0.25) is 0 Å². The lowest BCUT2D eigenvalue weighted by Crippen LogP contribution is -2.81. The van der Waals surface area contributed by atoms with Crippen LogP contribution in [0.25, 0.3) is 0 Å². The average molecular weight is 466 g/mol. The van der Waals surface area contributed by atoms with Crippen LogP contribution in [0, 0.1) is 22.7 Å². The summed E-state index contributed by atoms with van der Waals surface area (Å²) in [5, 5.41) is 23.1. The lowest BCUT2D eigenvalue weighted by Gasteiger charge is -2.74. The molecule has 184 valence electrons. The Balaban J connectivity index is 1.50. The number of hydrogen-bond acceptors (Lipinski definition) is 5. The minimum absolute atomic E-state index is 0.0481. The summed E-state index contributed by atoms with van der Waals surface area (Å²) in [6.07, 6.45) is 11.0. The quantitative estimate of drug-likeness (QED) is 0.684. The van der Waals surface area contributed by atoms with Crippen molar-refractivity contribution in [3.8, 4) is 11.5 Å². The number of methoxy groups -OCH3 is 1. The predicted octanol–water partition coefficient (Wildman–Crippen LogP) is 4.54. The molecule has 1 unspecified atom stereocenters. The number of nitrogens with zero attached hydrogens (tertiary/aromatic N) is 1. The third-order valence-electron chi connectivity index (χ3n) is 11.4. The molecule has 5 nitrogen and oxygen atoms in total. The van der Waals surface area contributed by atoms with Crippen molar-refractivity contribution in [1.82, 2.24) is 4.90 Å². The summed E-state index contributed by atoms with van der Waals surface area (Å²) < 4.78 is 13.4. The maximum Gasteiger partial charge on any atom is 0.166 e. The van der Waals surface area contributed by atoms with E-state index in [0.717, 1.165) is 38.1 Å². The van der Waals surface area contributed by atoms with Gasteiger partial charge in [-0.3, -0.25) is 0 Å². The van der Waals surface area contributed by atoms with E-state index in [0.29, 0.717) is 11.8 Å². The second kappa shape index (κ2) is 6.15. The fourth-order valence-electron chi connectivity index (χ4n) is 9.02. The molecule has 1 aromatic carbocycles. The zero-order chi connectivity index (χ0) is 23.9. The number of phenolic OH excluding ortho intramolecular Hbond substituents is 1. The number of aromatic hydroxyl groups is 1. The maximum atomic E-state index is 12.2. The van der Waals surface area contributed by atoms with E-state index in [-0.39, 0.29) is 34.0 Å². The molecule has 4 bridgehead atoms. The monoisotopic (exact) mass is 465 g/mol. The molecule has 2 heterocycles. The second-order valence-corrected chi connectivity index (χ2v) is 13.5. The first-order chi connectivity index (χ1) is 16.0. The molecule has 4 fully saturated rings. The average Bonchev–Trinajstić information content (AvgIpc) is 3.53. The summed E-state index contributed by atoms with van der Waals surface area (Å²) in [6.45, 7) is 9.56. The first-order valence-electron chi connectivity index (χ1n) is 13.3. The van der Waals surface area contributed by atoms with Crippen molar-refractivity contribution < 1.29 is 19.7 Å². The second-order valence-electron chi connectivity index (χ2n) is 13.5. The minimum atomic E-state index is -0.933. The smallest absolute Gasteiger partial charge is 0.166 e. The topological polar surface area (TPSA) is 62.2 Å². The van der Waals surface area contributed by atoms with Gasteiger partial charge in [-0.25, -0.2) is 0 Å². The van der Waals surface area contributed by atoms with E-state index in [1.807, 2.05) is 13.0 Å². The molecule has 5 heteroatoms. The molecule has 34 heavy (non-hydrogen) atoms. The summed E-state index contributed by atoms with van der Waals surface area (Å²) in [4.78, 5) is 2.64. The largest absolute Gasteiger partial charge is 0.504 e. The van der Waals surface area contributed by atoms with E-state index in [2.05, 4.69) is 44.0 Å². The molecule has 0 aromatic heterocycles. The van der Waals surface area contributed by atoms with Crippen molar-refractivity contribution in [2.45, 2.75) is 95.0 Å². The molecule has 0 amide bonds. The number of hydrogen-bond donors (Lipinski definition) is 2. The van der Waals surface area contributed by atoms with Crippen LogP contribution in [-0.4, -0.2) is 52.1 Å². The van der Waals surface area contributed by atoms with Crippen LogP contribution in [-0.2, 0) is 16.6 Å². The van der Waals surface area contributed by atoms with Gasteiger partial charge in [0, 0.05) is 36.6 Å². The third kappa shape index (κ3) is 2.17. The van der Waals surface area contributed by atoms with Crippen LogP contribution in [0.1, 0.15) is 70.9 Å². The van der Waals surface area contributed by atoms with E-state index in [4.69, 9.17) is 9.47 Å². The van der Waals surface area contributed by atoms with Gasteiger partial charge in [-0.1, -0.05) is 32.9 Å². The number of fused-ring (bicyclic) bond motifs is 2. The summed E-state index contributed by atoms with van der Waals surface area (Å²) in [6, 6.07) is 4.32. The number of ether oxygens (including phenoxy) is 2. The van der Waals surface area contributed by atoms with Crippen molar-refractivity contribution in [3.63, 3.8) is 0 Å². The van der Waals surface area contributed by atoms with Gasteiger partial charge in [-0.15, -0.1) is 0 Å². The van der Waals surface area contributed by atoms with Crippen LogP contribution in [0.5, 0.6) is 11.5 Å². The van der Waals surface area contributed by atoms with Crippen LogP contribution in [0.4, 0.5) is 0 Å². The van der Waals surface area contributed by atoms with Crippen molar-refractivity contribution in [2.75, 3.05) is 13.7 Å². The van der Waals surface area contributed by atoms with Crippen molar-refractivity contribution >= 4 is 0 Å². The van der Waals surface area contributed by atoms with Crippen LogP contribution in [0.15, 0.2) is 24.4 Å². The summed E-state index contributed by atoms with van der Waals surface area (Å²) >= 11 is 0. The molecule has 2 N–H and O–H groups in total. The zero-order valence-electron chi connectivity index (χ0n) is 21.2. The zero-order valence-corrected chi connectivity index (χ0v) is 21.2. The molecule has 5 aliphatic carbocycles. The van der Waals surface area contributed by atoms with E-state index in [1.54, 1.807) is 7.11 Å². The molecular formula is C29H39NO4. The van der Waals surface area contributed by atoms with Crippen molar-refractivity contribution in [1.29, 1.82) is 0 Å². The molecule has 0 radical (unpaired) electrons. The standard InChI is InChI=1S/C29H39NO4/c1-25(2,3)26(4,32)20-15-27-10-11-29(20,33-5)24-28(27)12-13-30(16-17-6-7-17)21(27)14-18-8-9-19(31)23(34-24)22(18)28/h8-9,12-13,17,20-21,24,31-32H,6-7,10-11,14-16H2,1-5H3/t20-,21-,24-,26?,27-,28+,29-/m1/s1. The van der Waals surface area contributed by atoms with Gasteiger partial charge in [0.2, 0.25) is 0 Å². The molecule has 0 saturated heterocycles. The Hall–Kier alpha value is -1.72. The van der Waals surface area contributed by atoms with Gasteiger partial charge in [-0.2, -0.15) is 0 Å². The lowest BCUT2D eigenvalue weighted by molar-refractivity contribution is -0.296. The predicted molar refractivity (Wildman–Crippen MR) is 130 cm³/mol. The van der Waals surface area contributed by atoms with Gasteiger partial charge in [0.15, 0.2) is 11.5 Å². The number of rotatable bonds is 4. The summed E-state index contributed by atoms with van der Waals surface area (Å²) in [7, 11) is 1.81. The Kier molecular flexibility index (Phi) is 3.90. The highest BCUT2D eigenvalue weighted by molar-refractivity contribution is 5.65. The Morgan fingerprint density at radius 3 is 2.62 bits per heavy atom. The lowest BCUT2D eigenvalue weighted by atomic mass is 9.34. The molecule has 4 saturated carbocycles. The highest BCUT2D eigenvalue weighted by atomic mass is 16.6. The number of benzene rings is 1. The highest BCUT2D eigenvalue weighted by Crippen LogP contribution is 2.77. The number of phenols is 1. The van der Waals surface area contributed by atoms with Crippen LogP contribution < -0.4 is 4.74 Å². The van der Waals surface area contributed by atoms with Gasteiger partial charge in [0.1, 0.15) is 11.7 Å². The van der Waals surface area contributed by atoms with Crippen molar-refractivity contribution in [3.05, 3.63) is 35.5 Å². The molecular weight excluding hydrogens is 426 g/mol. The molecule has 1 aromatic rings. The Morgan fingerprint density at radius 2 is 1.94 bits per heavy atom. The first-order valence-corrected chi connectivity index (χ1v) is 13.3. The van der Waals surface area contributed by atoms with Crippen LogP contribution in [0.3, 0.4) is 0 Å². The van der Waals surface area contributed by atoms with Gasteiger partial charge >= 0.3 is 0 Å². The molecule has 2 spiro atoms. The highest BCUT2D eigenvalue weighted by Gasteiger charge is 2.81. The van der Waals surface area contributed by atoms with Crippen LogP contribution >= 0.6 is 0 Å². The molecule has 2 aliphatic heterocycles. The SMILES string of the molecule is CO[C@]12CC[C@@]3(C[C@@H]1C(C)(O)C(C)(C)C)[C@H]1Cc4ccc(O)c5c4[C@@]3(C=CN1CC1CC1)[C@H]2O5. The van der Waals surface area contributed by atoms with Gasteiger partial charge in [0.25, 0.3) is 0 Å². The van der Waals surface area contributed by atoms with Gasteiger partial charge in [0.05, 0.1) is 11.0 Å². The van der Waals surface area contributed by atoms with Crippen molar-refractivity contribution in [2.24, 2.45) is 22.7 Å². The number of aliphatic hydroxyl groups is 1. The van der Waals surface area contributed by atoms with Gasteiger partial charge < -0.3 is 24.6 Å². The Labute approximate surface area is 203 Å². The Morgan fingerprint density at radius 1 is 1.18 bits per heavy atom. The molecule has 7 aliphatic rings. The fraction of sp³-hybridized carbons (Fsp3) is 0.724. The summed E-state index contributed by atoms with van der Waals surface area (Å²) in [5.74, 6) is 1.63. The van der Waals surface area contributed by atoms with E-state index in [9.17, 15) is 10.2 Å². The molecule has 8 rings (SSSR count). The van der Waals surface area contributed by atoms with E-state index in [1.165, 1.54) is 24.0 Å². The normalized spacial score (nSPS) is 42.9.